The summed E-state index contributed by atoms with van der Waals surface area (Å²) in [4.78, 5) is 28.5. The second-order valence-corrected chi connectivity index (χ2v) is 9.11. The van der Waals surface area contributed by atoms with Gasteiger partial charge in [-0.1, -0.05) is 56.3 Å². The Morgan fingerprint density at radius 3 is 2.61 bits per heavy atom. The van der Waals surface area contributed by atoms with E-state index in [2.05, 4.69) is 27.0 Å². The van der Waals surface area contributed by atoms with Gasteiger partial charge in [0.05, 0.1) is 35.2 Å². The fraction of sp³-hybridized carbons (Fsp3) is 0.304. The molecule has 8 heteroatoms. The van der Waals surface area contributed by atoms with Crippen molar-refractivity contribution >= 4 is 50.2 Å². The van der Waals surface area contributed by atoms with Crippen LogP contribution in [0.4, 0.5) is 0 Å². The first-order valence-electron chi connectivity index (χ1n) is 9.90. The summed E-state index contributed by atoms with van der Waals surface area (Å²) < 4.78 is 2.62. The molecule has 0 spiro atoms. The third kappa shape index (κ3) is 5.00. The molecule has 160 valence electrons. The molecule has 2 unspecified atom stereocenters. The van der Waals surface area contributed by atoms with Crippen LogP contribution in [0.15, 0.2) is 52.4 Å². The number of carboxylic acids is 1. The van der Waals surface area contributed by atoms with Crippen molar-refractivity contribution in [1.29, 1.82) is 5.26 Å². The molecule has 0 aliphatic rings. The summed E-state index contributed by atoms with van der Waals surface area (Å²) in [5, 5.41) is 21.2. The molecule has 0 aliphatic carbocycles. The maximum atomic E-state index is 12.5. The van der Waals surface area contributed by atoms with Gasteiger partial charge in [0, 0.05) is 17.2 Å². The number of benzene rings is 2. The highest BCUT2D eigenvalue weighted by atomic mass is 79.9. The average Bonchev–Trinajstić information content (AvgIpc) is 3.14. The Kier molecular flexibility index (Phi) is 7.52. The van der Waals surface area contributed by atoms with Crippen LogP contribution in [0.1, 0.15) is 32.3 Å². The van der Waals surface area contributed by atoms with Gasteiger partial charge >= 0.3 is 5.97 Å². The number of hydrogen-bond donors (Lipinski definition) is 1. The Morgan fingerprint density at radius 2 is 1.97 bits per heavy atom. The summed E-state index contributed by atoms with van der Waals surface area (Å²) in [7, 11) is 0. The zero-order chi connectivity index (χ0) is 22.5. The predicted molar refractivity (Wildman–Crippen MR) is 124 cm³/mol. The Labute approximate surface area is 193 Å². The van der Waals surface area contributed by atoms with E-state index in [-0.39, 0.29) is 23.9 Å². The SMILES string of the molecule is CCC(C)C(CC(=O)CSc1ncc(Br)n1-c1ccc(C#N)c2ccccc12)C(=O)O. The molecule has 0 fully saturated rings. The lowest BCUT2D eigenvalue weighted by molar-refractivity contribution is -0.145. The summed E-state index contributed by atoms with van der Waals surface area (Å²) in [5.41, 5.74) is 1.43. The molecule has 0 saturated heterocycles. The standard InChI is InChI=1S/C23H22BrN3O3S/c1-3-14(2)19(22(29)30)10-16(28)13-31-23-26-12-21(24)27(23)20-9-8-15(11-25)17-6-4-5-7-18(17)20/h4-9,12,14,19H,3,10,13H2,1-2H3,(H,29,30). The topological polar surface area (TPSA) is 96.0 Å². The lowest BCUT2D eigenvalue weighted by atomic mass is 9.88. The number of carboxylic acid groups (broad SMARTS) is 1. The molecule has 0 amide bonds. The van der Waals surface area contributed by atoms with Crippen LogP contribution in [0.3, 0.4) is 0 Å². The minimum atomic E-state index is -0.930. The van der Waals surface area contributed by atoms with Crippen LogP contribution >= 0.6 is 27.7 Å². The number of thioether (sulfide) groups is 1. The van der Waals surface area contributed by atoms with E-state index >= 15 is 0 Å². The lowest BCUT2D eigenvalue weighted by Crippen LogP contribution is -2.25. The Morgan fingerprint density at radius 1 is 1.26 bits per heavy atom. The van der Waals surface area contributed by atoms with Crippen molar-refractivity contribution in [3.63, 3.8) is 0 Å². The average molecular weight is 500 g/mol. The summed E-state index contributed by atoms with van der Waals surface area (Å²) in [6.07, 6.45) is 2.39. The number of imidazole rings is 1. The summed E-state index contributed by atoms with van der Waals surface area (Å²) in [6.45, 7) is 3.79. The minimum absolute atomic E-state index is 0.0129. The third-order valence-electron chi connectivity index (χ3n) is 5.41. The second kappa shape index (κ2) is 10.1. The van der Waals surface area contributed by atoms with Crippen LogP contribution in [-0.4, -0.2) is 32.2 Å². The van der Waals surface area contributed by atoms with E-state index in [0.29, 0.717) is 17.1 Å². The van der Waals surface area contributed by atoms with Gasteiger partial charge in [-0.15, -0.1) is 0 Å². The van der Waals surface area contributed by atoms with Crippen LogP contribution in [0.5, 0.6) is 0 Å². The van der Waals surface area contributed by atoms with Crippen molar-refractivity contribution in [1.82, 2.24) is 9.55 Å². The zero-order valence-electron chi connectivity index (χ0n) is 17.2. The molecule has 0 radical (unpaired) electrons. The molecule has 1 N–H and O–H groups in total. The normalized spacial score (nSPS) is 13.0. The van der Waals surface area contributed by atoms with Gasteiger partial charge in [0.1, 0.15) is 10.4 Å². The Bertz CT molecular complexity index is 1170. The number of aromatic nitrogens is 2. The molecule has 0 saturated carbocycles. The molecule has 0 bridgehead atoms. The highest BCUT2D eigenvalue weighted by Gasteiger charge is 2.26. The molecular formula is C23H22BrN3O3S. The first-order chi connectivity index (χ1) is 14.9. The van der Waals surface area contributed by atoms with Gasteiger partial charge in [-0.05, 0) is 34.0 Å². The molecule has 31 heavy (non-hydrogen) atoms. The Balaban J connectivity index is 1.86. The van der Waals surface area contributed by atoms with E-state index in [4.69, 9.17) is 0 Å². The van der Waals surface area contributed by atoms with Crippen LogP contribution in [-0.2, 0) is 9.59 Å². The number of nitriles is 1. The minimum Gasteiger partial charge on any atom is -0.481 e. The van der Waals surface area contributed by atoms with E-state index in [0.717, 1.165) is 21.1 Å². The monoisotopic (exact) mass is 499 g/mol. The van der Waals surface area contributed by atoms with Crippen molar-refractivity contribution in [3.05, 3.63) is 52.8 Å². The molecule has 2 atom stereocenters. The number of Topliss-reactive ketones (excluding diaryl/α,β-unsaturated/α-hetero) is 1. The van der Waals surface area contributed by atoms with Crippen molar-refractivity contribution in [2.75, 3.05) is 5.75 Å². The molecule has 0 aliphatic heterocycles. The Hall–Kier alpha value is -2.63. The molecule has 6 nitrogen and oxygen atoms in total. The van der Waals surface area contributed by atoms with E-state index in [1.807, 2.05) is 48.7 Å². The van der Waals surface area contributed by atoms with Gasteiger partial charge in [-0.3, -0.25) is 14.2 Å². The highest BCUT2D eigenvalue weighted by molar-refractivity contribution is 9.10. The number of rotatable bonds is 9. The number of carbonyl (C=O) groups excluding carboxylic acids is 1. The van der Waals surface area contributed by atoms with E-state index in [1.54, 1.807) is 12.3 Å². The van der Waals surface area contributed by atoms with Crippen LogP contribution < -0.4 is 0 Å². The van der Waals surface area contributed by atoms with Gasteiger partial charge in [0.2, 0.25) is 0 Å². The molecule has 1 heterocycles. The van der Waals surface area contributed by atoms with Gasteiger partial charge in [0.25, 0.3) is 0 Å². The van der Waals surface area contributed by atoms with Crippen LogP contribution in [0.2, 0.25) is 0 Å². The summed E-state index contributed by atoms with van der Waals surface area (Å²) in [5.74, 6) is -1.65. The van der Waals surface area contributed by atoms with Gasteiger partial charge in [-0.25, -0.2) is 4.98 Å². The second-order valence-electron chi connectivity index (χ2n) is 7.35. The number of aliphatic carboxylic acids is 1. The van der Waals surface area contributed by atoms with E-state index < -0.39 is 11.9 Å². The summed E-state index contributed by atoms with van der Waals surface area (Å²) in [6, 6.07) is 13.5. The quantitative estimate of drug-likeness (QED) is 0.392. The summed E-state index contributed by atoms with van der Waals surface area (Å²) >= 11 is 4.81. The molecule has 3 aromatic rings. The smallest absolute Gasteiger partial charge is 0.307 e. The van der Waals surface area contributed by atoms with Gasteiger partial charge in [-0.2, -0.15) is 5.26 Å². The fourth-order valence-corrected chi connectivity index (χ4v) is 4.92. The van der Waals surface area contributed by atoms with Gasteiger partial charge < -0.3 is 5.11 Å². The van der Waals surface area contributed by atoms with E-state index in [9.17, 15) is 20.0 Å². The lowest BCUT2D eigenvalue weighted by Gasteiger charge is -2.17. The number of carbonyl (C=O) groups is 2. The van der Waals surface area contributed by atoms with Crippen molar-refractivity contribution < 1.29 is 14.7 Å². The van der Waals surface area contributed by atoms with Crippen molar-refractivity contribution in [2.45, 2.75) is 31.8 Å². The predicted octanol–water partition coefficient (Wildman–Crippen LogP) is 5.46. The van der Waals surface area contributed by atoms with Crippen molar-refractivity contribution in [3.8, 4) is 11.8 Å². The first kappa shape index (κ1) is 23.0. The largest absolute Gasteiger partial charge is 0.481 e. The first-order valence-corrected chi connectivity index (χ1v) is 11.7. The fourth-order valence-electron chi connectivity index (χ4n) is 3.48. The van der Waals surface area contributed by atoms with Crippen LogP contribution in [0, 0.1) is 23.2 Å². The zero-order valence-corrected chi connectivity index (χ0v) is 19.6. The number of halogens is 1. The van der Waals surface area contributed by atoms with Crippen LogP contribution in [0.25, 0.3) is 16.5 Å². The highest BCUT2D eigenvalue weighted by Crippen LogP contribution is 2.32. The maximum absolute atomic E-state index is 12.5. The number of fused-ring (bicyclic) bond motifs is 1. The van der Waals surface area contributed by atoms with Crippen molar-refractivity contribution in [2.24, 2.45) is 11.8 Å². The third-order valence-corrected chi connectivity index (χ3v) is 6.98. The molecular weight excluding hydrogens is 478 g/mol. The van der Waals surface area contributed by atoms with Gasteiger partial charge in [0.15, 0.2) is 5.16 Å². The number of ketones is 1. The molecule has 1 aromatic heterocycles. The van der Waals surface area contributed by atoms with E-state index in [1.165, 1.54) is 11.8 Å². The number of nitrogens with zero attached hydrogens (tertiary/aromatic N) is 3. The molecule has 2 aromatic carbocycles. The molecule has 3 rings (SSSR count). The maximum Gasteiger partial charge on any atom is 0.307 e. The number of hydrogen-bond acceptors (Lipinski definition) is 5.